The number of ether oxygens (including phenoxy) is 1. The number of methoxy groups -OCH3 is 1. The van der Waals surface area contributed by atoms with Crippen LogP contribution in [0.3, 0.4) is 0 Å². The molecule has 1 fully saturated rings. The highest BCUT2D eigenvalue weighted by Gasteiger charge is 2.23. The van der Waals surface area contributed by atoms with Crippen molar-refractivity contribution in [1.82, 2.24) is 9.97 Å². The van der Waals surface area contributed by atoms with Gasteiger partial charge in [0.05, 0.1) is 22.0 Å². The van der Waals surface area contributed by atoms with Gasteiger partial charge in [0.2, 0.25) is 0 Å². The summed E-state index contributed by atoms with van der Waals surface area (Å²) in [6.07, 6.45) is 1.02. The molecule has 0 amide bonds. The minimum atomic E-state index is 0.847. The number of piperazine rings is 1. The summed E-state index contributed by atoms with van der Waals surface area (Å²) in [5.41, 5.74) is 3.47. The lowest BCUT2D eigenvalue weighted by Crippen LogP contribution is -2.46. The second-order valence-electron chi connectivity index (χ2n) is 6.89. The third-order valence-electron chi connectivity index (χ3n) is 5.28. The normalized spacial score (nSPS) is 14.9. The maximum Gasteiger partial charge on any atom is 0.186 e. The van der Waals surface area contributed by atoms with Crippen LogP contribution in [0.2, 0.25) is 0 Å². The first kappa shape index (κ1) is 17.7. The molecule has 0 bridgehead atoms. The molecule has 1 saturated heterocycles. The molecular formula is C21H22N4OS2. The van der Waals surface area contributed by atoms with E-state index in [1.165, 1.54) is 20.5 Å². The van der Waals surface area contributed by atoms with E-state index in [4.69, 9.17) is 14.7 Å². The SMILES string of the molecule is CCc1cccc2sc(N3CCN(c4nc5c(OC)cccc5s4)CC3)nc12. The number of anilines is 2. The molecule has 2 aromatic carbocycles. The largest absolute Gasteiger partial charge is 0.494 e. The molecule has 28 heavy (non-hydrogen) atoms. The summed E-state index contributed by atoms with van der Waals surface area (Å²) in [7, 11) is 1.70. The second kappa shape index (κ2) is 7.22. The van der Waals surface area contributed by atoms with Crippen LogP contribution < -0.4 is 14.5 Å². The minimum Gasteiger partial charge on any atom is -0.494 e. The molecule has 2 aromatic heterocycles. The monoisotopic (exact) mass is 410 g/mol. The molecule has 1 aliphatic rings. The maximum atomic E-state index is 5.46. The molecule has 0 spiro atoms. The van der Waals surface area contributed by atoms with E-state index in [1.54, 1.807) is 29.8 Å². The molecule has 5 rings (SSSR count). The first-order valence-corrected chi connectivity index (χ1v) is 11.2. The molecule has 0 aliphatic carbocycles. The Hall–Kier alpha value is -2.38. The Morgan fingerprint density at radius 3 is 2.04 bits per heavy atom. The third kappa shape index (κ3) is 2.99. The molecule has 5 nitrogen and oxygen atoms in total. The number of thiazole rings is 2. The summed E-state index contributed by atoms with van der Waals surface area (Å²) in [4.78, 5) is 14.6. The lowest BCUT2D eigenvalue weighted by molar-refractivity contribution is 0.419. The average Bonchev–Trinajstić information content (AvgIpc) is 3.37. The lowest BCUT2D eigenvalue weighted by atomic mass is 10.1. The summed E-state index contributed by atoms with van der Waals surface area (Å²) in [5, 5.41) is 2.22. The van der Waals surface area contributed by atoms with Crippen molar-refractivity contribution < 1.29 is 4.74 Å². The van der Waals surface area contributed by atoms with Gasteiger partial charge in [-0.1, -0.05) is 47.8 Å². The molecule has 0 saturated carbocycles. The average molecular weight is 411 g/mol. The fourth-order valence-corrected chi connectivity index (χ4v) is 5.82. The number of aryl methyl sites for hydroxylation is 1. The number of aromatic nitrogens is 2. The van der Waals surface area contributed by atoms with Gasteiger partial charge in [-0.25, -0.2) is 9.97 Å². The first-order valence-electron chi connectivity index (χ1n) is 9.58. The summed E-state index contributed by atoms with van der Waals surface area (Å²) in [5.74, 6) is 0.847. The van der Waals surface area contributed by atoms with Crippen LogP contribution in [0.15, 0.2) is 36.4 Å². The predicted octanol–water partition coefficient (Wildman–Crippen LogP) is 4.80. The highest BCUT2D eigenvalue weighted by molar-refractivity contribution is 7.22. The van der Waals surface area contributed by atoms with Gasteiger partial charge in [-0.05, 0) is 30.2 Å². The van der Waals surface area contributed by atoms with Gasteiger partial charge in [-0.2, -0.15) is 0 Å². The Kier molecular flexibility index (Phi) is 4.56. The maximum absolute atomic E-state index is 5.46. The number of fused-ring (bicyclic) bond motifs is 2. The summed E-state index contributed by atoms with van der Waals surface area (Å²) in [6, 6.07) is 12.6. The number of nitrogens with zero attached hydrogens (tertiary/aromatic N) is 4. The molecule has 1 aliphatic heterocycles. The van der Waals surface area contributed by atoms with Gasteiger partial charge in [0.15, 0.2) is 10.3 Å². The topological polar surface area (TPSA) is 41.5 Å². The zero-order valence-corrected chi connectivity index (χ0v) is 17.6. The Labute approximate surface area is 172 Å². The van der Waals surface area contributed by atoms with Gasteiger partial charge < -0.3 is 14.5 Å². The fraction of sp³-hybridized carbons (Fsp3) is 0.333. The number of hydrogen-bond acceptors (Lipinski definition) is 7. The Morgan fingerprint density at radius 2 is 1.43 bits per heavy atom. The first-order chi connectivity index (χ1) is 13.8. The molecule has 0 atom stereocenters. The van der Waals surface area contributed by atoms with E-state index in [0.717, 1.165) is 54.1 Å². The molecule has 0 N–H and O–H groups in total. The second-order valence-corrected chi connectivity index (χ2v) is 8.91. The van der Waals surface area contributed by atoms with E-state index < -0.39 is 0 Å². The van der Waals surface area contributed by atoms with Crippen molar-refractivity contribution in [3.63, 3.8) is 0 Å². The van der Waals surface area contributed by atoms with E-state index in [9.17, 15) is 0 Å². The zero-order valence-electron chi connectivity index (χ0n) is 16.0. The van der Waals surface area contributed by atoms with Crippen LogP contribution in [0.4, 0.5) is 10.3 Å². The molecule has 0 unspecified atom stereocenters. The Bertz CT molecular complexity index is 1040. The standard InChI is InChI=1S/C21H22N4OS2/c1-3-14-6-4-8-16-18(14)22-20(27-16)24-10-12-25(13-11-24)21-23-19-15(26-2)7-5-9-17(19)28-21/h4-9H,3,10-13H2,1-2H3. The van der Waals surface area contributed by atoms with E-state index in [-0.39, 0.29) is 0 Å². The molecule has 0 radical (unpaired) electrons. The van der Waals surface area contributed by atoms with Crippen LogP contribution in [0, 0.1) is 0 Å². The van der Waals surface area contributed by atoms with Crippen LogP contribution in [0.5, 0.6) is 5.75 Å². The van der Waals surface area contributed by atoms with Crippen LogP contribution in [-0.2, 0) is 6.42 Å². The van der Waals surface area contributed by atoms with Crippen LogP contribution >= 0.6 is 22.7 Å². The number of para-hydroxylation sites is 2. The van der Waals surface area contributed by atoms with Crippen LogP contribution in [0.25, 0.3) is 20.4 Å². The number of hydrogen-bond donors (Lipinski definition) is 0. The van der Waals surface area contributed by atoms with E-state index in [1.807, 2.05) is 12.1 Å². The Morgan fingerprint density at radius 1 is 0.857 bits per heavy atom. The summed E-state index contributed by atoms with van der Waals surface area (Å²) in [6.45, 7) is 6.04. The van der Waals surface area contributed by atoms with Crippen molar-refractivity contribution in [1.29, 1.82) is 0 Å². The van der Waals surface area contributed by atoms with Gasteiger partial charge in [-0.3, -0.25) is 0 Å². The smallest absolute Gasteiger partial charge is 0.186 e. The molecule has 144 valence electrons. The van der Waals surface area contributed by atoms with E-state index in [0.29, 0.717) is 0 Å². The number of benzene rings is 2. The van der Waals surface area contributed by atoms with Crippen LogP contribution in [0.1, 0.15) is 12.5 Å². The number of rotatable bonds is 4. The van der Waals surface area contributed by atoms with Crippen molar-refractivity contribution in [3.05, 3.63) is 42.0 Å². The van der Waals surface area contributed by atoms with Gasteiger partial charge in [0.25, 0.3) is 0 Å². The van der Waals surface area contributed by atoms with Crippen LogP contribution in [-0.4, -0.2) is 43.3 Å². The quantitative estimate of drug-likeness (QED) is 0.483. The molecular weight excluding hydrogens is 388 g/mol. The van der Waals surface area contributed by atoms with Crippen molar-refractivity contribution >= 4 is 53.4 Å². The minimum absolute atomic E-state index is 0.847. The summed E-state index contributed by atoms with van der Waals surface area (Å²) < 4.78 is 7.92. The van der Waals surface area contributed by atoms with E-state index >= 15 is 0 Å². The van der Waals surface area contributed by atoms with E-state index in [2.05, 4.69) is 41.0 Å². The molecule has 4 aromatic rings. The third-order valence-corrected chi connectivity index (χ3v) is 7.45. The van der Waals surface area contributed by atoms with Gasteiger partial charge in [0.1, 0.15) is 11.3 Å². The molecule has 3 heterocycles. The highest BCUT2D eigenvalue weighted by Crippen LogP contribution is 2.35. The predicted molar refractivity (Wildman–Crippen MR) is 120 cm³/mol. The fourth-order valence-electron chi connectivity index (χ4n) is 3.71. The van der Waals surface area contributed by atoms with Crippen molar-refractivity contribution in [2.75, 3.05) is 43.1 Å². The van der Waals surface area contributed by atoms with Gasteiger partial charge >= 0.3 is 0 Å². The van der Waals surface area contributed by atoms with Gasteiger partial charge in [0, 0.05) is 26.2 Å². The van der Waals surface area contributed by atoms with Crippen molar-refractivity contribution in [2.24, 2.45) is 0 Å². The summed E-state index contributed by atoms with van der Waals surface area (Å²) >= 11 is 3.55. The Balaban J connectivity index is 1.35. The molecule has 7 heteroatoms. The zero-order chi connectivity index (χ0) is 19.1. The lowest BCUT2D eigenvalue weighted by Gasteiger charge is -2.34. The van der Waals surface area contributed by atoms with Crippen molar-refractivity contribution in [3.8, 4) is 5.75 Å². The van der Waals surface area contributed by atoms with Crippen molar-refractivity contribution in [2.45, 2.75) is 13.3 Å². The van der Waals surface area contributed by atoms with Gasteiger partial charge in [-0.15, -0.1) is 0 Å². The highest BCUT2D eigenvalue weighted by atomic mass is 32.1.